The highest BCUT2D eigenvalue weighted by atomic mass is 35.5. The molecule has 0 fully saturated rings. The number of hydrogen-bond acceptors (Lipinski definition) is 2. The molecule has 0 aliphatic carbocycles. The maximum absolute atomic E-state index is 12.5. The fourth-order valence-corrected chi connectivity index (χ4v) is 2.77. The Kier molecular flexibility index (Phi) is 3.36. The van der Waals surface area contributed by atoms with Crippen LogP contribution >= 0.6 is 23.2 Å². The average molecular weight is 304 g/mol. The van der Waals surface area contributed by atoms with Crippen LogP contribution in [0.3, 0.4) is 0 Å². The summed E-state index contributed by atoms with van der Waals surface area (Å²) in [4.78, 5) is 16.9. The van der Waals surface area contributed by atoms with Crippen molar-refractivity contribution in [2.45, 2.75) is 13.0 Å². The summed E-state index contributed by atoms with van der Waals surface area (Å²) in [5, 5.41) is 2.65. The van der Waals surface area contributed by atoms with Gasteiger partial charge >= 0.3 is 0 Å². The number of hydrogen-bond donors (Lipinski definition) is 0. The van der Waals surface area contributed by atoms with Gasteiger partial charge in [0.05, 0.1) is 5.36 Å². The van der Waals surface area contributed by atoms with E-state index >= 15 is 0 Å². The van der Waals surface area contributed by atoms with E-state index < -0.39 is 6.04 Å². The molecule has 3 rings (SSSR count). The molecule has 1 heterocycles. The SMILES string of the molecule is CC1N=c2ccc(Cl)cc2=C(c2ccccc2Cl)C1=O. The minimum Gasteiger partial charge on any atom is -0.292 e. The van der Waals surface area contributed by atoms with Crippen molar-refractivity contribution in [1.29, 1.82) is 0 Å². The largest absolute Gasteiger partial charge is 0.292 e. The predicted molar refractivity (Wildman–Crippen MR) is 80.7 cm³/mol. The van der Waals surface area contributed by atoms with Gasteiger partial charge in [0.15, 0.2) is 5.78 Å². The Labute approximate surface area is 126 Å². The van der Waals surface area contributed by atoms with Crippen LogP contribution in [-0.4, -0.2) is 11.8 Å². The van der Waals surface area contributed by atoms with E-state index in [2.05, 4.69) is 4.99 Å². The molecular formula is C16H11Cl2NO. The third-order valence-corrected chi connectivity index (χ3v) is 3.89. The van der Waals surface area contributed by atoms with Crippen LogP contribution in [0.15, 0.2) is 47.5 Å². The van der Waals surface area contributed by atoms with E-state index in [1.165, 1.54) is 0 Å². The van der Waals surface area contributed by atoms with E-state index in [0.717, 1.165) is 16.1 Å². The molecule has 4 heteroatoms. The lowest BCUT2D eigenvalue weighted by Crippen LogP contribution is -2.39. The molecule has 0 saturated heterocycles. The smallest absolute Gasteiger partial charge is 0.188 e. The molecule has 2 nitrogen and oxygen atoms in total. The highest BCUT2D eigenvalue weighted by Gasteiger charge is 2.24. The maximum Gasteiger partial charge on any atom is 0.188 e. The number of carbonyl (C=O) groups is 1. The Morgan fingerprint density at radius 2 is 1.85 bits per heavy atom. The summed E-state index contributed by atoms with van der Waals surface area (Å²) in [6.45, 7) is 1.79. The number of Topliss-reactive ketones (excluding diaryl/α,β-unsaturated/α-hetero) is 1. The average Bonchev–Trinajstić information content (AvgIpc) is 2.42. The minimum absolute atomic E-state index is 0.0344. The van der Waals surface area contributed by atoms with Gasteiger partial charge in [0.1, 0.15) is 6.04 Å². The Bertz CT molecular complexity index is 827. The molecule has 0 spiro atoms. The molecule has 0 aromatic heterocycles. The number of rotatable bonds is 1. The normalized spacial score (nSPS) is 17.6. The lowest BCUT2D eigenvalue weighted by molar-refractivity contribution is -0.114. The highest BCUT2D eigenvalue weighted by molar-refractivity contribution is 6.35. The molecule has 0 amide bonds. The van der Waals surface area contributed by atoms with E-state index in [9.17, 15) is 4.79 Å². The van der Waals surface area contributed by atoms with Crippen molar-refractivity contribution in [3.63, 3.8) is 0 Å². The van der Waals surface area contributed by atoms with Crippen LogP contribution in [0.5, 0.6) is 0 Å². The van der Waals surface area contributed by atoms with Gasteiger partial charge in [0.2, 0.25) is 0 Å². The number of ketones is 1. The predicted octanol–water partition coefficient (Wildman–Crippen LogP) is 2.78. The molecule has 1 aliphatic heterocycles. The second-order valence-electron chi connectivity index (χ2n) is 4.69. The first-order valence-electron chi connectivity index (χ1n) is 6.25. The number of halogens is 2. The van der Waals surface area contributed by atoms with Crippen molar-refractivity contribution in [3.05, 3.63) is 68.6 Å². The van der Waals surface area contributed by atoms with Crippen LogP contribution in [0, 0.1) is 0 Å². The monoisotopic (exact) mass is 303 g/mol. The molecule has 100 valence electrons. The summed E-state index contributed by atoms with van der Waals surface area (Å²) < 4.78 is 0. The van der Waals surface area contributed by atoms with E-state index in [-0.39, 0.29) is 5.78 Å². The van der Waals surface area contributed by atoms with Crippen molar-refractivity contribution in [1.82, 2.24) is 0 Å². The first kappa shape index (κ1) is 13.3. The molecule has 20 heavy (non-hydrogen) atoms. The van der Waals surface area contributed by atoms with Crippen LogP contribution in [0.25, 0.3) is 5.57 Å². The van der Waals surface area contributed by atoms with Crippen LogP contribution in [0.4, 0.5) is 0 Å². The highest BCUT2D eigenvalue weighted by Crippen LogP contribution is 2.24. The van der Waals surface area contributed by atoms with Crippen LogP contribution < -0.4 is 10.6 Å². The van der Waals surface area contributed by atoms with E-state index in [4.69, 9.17) is 23.2 Å². The summed E-state index contributed by atoms with van der Waals surface area (Å²) in [5.41, 5.74) is 1.32. The maximum atomic E-state index is 12.5. The van der Waals surface area contributed by atoms with Crippen molar-refractivity contribution >= 4 is 34.6 Å². The lowest BCUT2D eigenvalue weighted by Gasteiger charge is -2.16. The molecule has 1 aliphatic rings. The summed E-state index contributed by atoms with van der Waals surface area (Å²) in [6.07, 6.45) is 0. The standard InChI is InChI=1S/C16H11Cl2NO/c1-9-16(20)15(11-4-2-3-5-13(11)18)12-8-10(17)6-7-14(12)19-9/h2-9H,1H3. The Morgan fingerprint density at radius 1 is 1.10 bits per heavy atom. The number of benzene rings is 2. The zero-order chi connectivity index (χ0) is 14.3. The summed E-state index contributed by atoms with van der Waals surface area (Å²) >= 11 is 12.3. The van der Waals surface area contributed by atoms with Crippen molar-refractivity contribution in [2.75, 3.05) is 0 Å². The topological polar surface area (TPSA) is 29.4 Å². The van der Waals surface area contributed by atoms with Crippen molar-refractivity contribution < 1.29 is 4.79 Å². The first-order chi connectivity index (χ1) is 9.58. The Balaban J connectivity index is 2.46. The van der Waals surface area contributed by atoms with Gasteiger partial charge in [0.25, 0.3) is 0 Å². The molecule has 1 atom stereocenters. The molecular weight excluding hydrogens is 293 g/mol. The van der Waals surface area contributed by atoms with Gasteiger partial charge in [-0.15, -0.1) is 0 Å². The quantitative estimate of drug-likeness (QED) is 0.796. The van der Waals surface area contributed by atoms with Crippen molar-refractivity contribution in [3.8, 4) is 0 Å². The summed E-state index contributed by atoms with van der Waals surface area (Å²) in [5.74, 6) is -0.0344. The number of nitrogens with zero attached hydrogens (tertiary/aromatic N) is 1. The second-order valence-corrected chi connectivity index (χ2v) is 5.53. The Morgan fingerprint density at radius 3 is 2.60 bits per heavy atom. The first-order valence-corrected chi connectivity index (χ1v) is 7.00. The molecule has 0 N–H and O–H groups in total. The molecule has 2 aromatic rings. The third kappa shape index (κ3) is 2.15. The van der Waals surface area contributed by atoms with Crippen LogP contribution in [-0.2, 0) is 4.79 Å². The third-order valence-electron chi connectivity index (χ3n) is 3.33. The van der Waals surface area contributed by atoms with Gasteiger partial charge in [-0.05, 0) is 31.2 Å². The van der Waals surface area contributed by atoms with Gasteiger partial charge in [0, 0.05) is 26.4 Å². The van der Waals surface area contributed by atoms with E-state index in [0.29, 0.717) is 15.6 Å². The second kappa shape index (κ2) is 5.04. The molecule has 0 saturated carbocycles. The molecule has 0 bridgehead atoms. The fraction of sp³-hybridized carbons (Fsp3) is 0.125. The molecule has 1 unspecified atom stereocenters. The van der Waals surface area contributed by atoms with Crippen LogP contribution in [0.2, 0.25) is 10.0 Å². The van der Waals surface area contributed by atoms with Gasteiger partial charge in [-0.2, -0.15) is 0 Å². The zero-order valence-corrected chi connectivity index (χ0v) is 12.2. The summed E-state index contributed by atoms with van der Waals surface area (Å²) in [6, 6.07) is 12.3. The lowest BCUT2D eigenvalue weighted by atomic mass is 9.93. The summed E-state index contributed by atoms with van der Waals surface area (Å²) in [7, 11) is 0. The molecule has 0 radical (unpaired) electrons. The van der Waals surface area contributed by atoms with E-state index in [1.54, 1.807) is 25.1 Å². The number of carbonyl (C=O) groups excluding carboxylic acids is 1. The Hall–Kier alpha value is -1.64. The van der Waals surface area contributed by atoms with Gasteiger partial charge < -0.3 is 0 Å². The fourth-order valence-electron chi connectivity index (χ4n) is 2.37. The zero-order valence-electron chi connectivity index (χ0n) is 10.7. The van der Waals surface area contributed by atoms with Crippen molar-refractivity contribution in [2.24, 2.45) is 4.99 Å². The van der Waals surface area contributed by atoms with Gasteiger partial charge in [-0.25, -0.2) is 0 Å². The van der Waals surface area contributed by atoms with Gasteiger partial charge in [-0.1, -0.05) is 41.4 Å². The van der Waals surface area contributed by atoms with E-state index in [1.807, 2.05) is 24.3 Å². The molecule has 2 aromatic carbocycles. The minimum atomic E-state index is -0.407. The van der Waals surface area contributed by atoms with Crippen LogP contribution in [0.1, 0.15) is 12.5 Å². The number of fused-ring (bicyclic) bond motifs is 1. The van der Waals surface area contributed by atoms with Gasteiger partial charge in [-0.3, -0.25) is 9.79 Å².